The molecule has 1 saturated carbocycles. The molecule has 0 aromatic heterocycles. The molecule has 1 aromatic rings. The van der Waals surface area contributed by atoms with Crippen LogP contribution in [0.15, 0.2) is 29.2 Å². The molecule has 1 aliphatic carbocycles. The van der Waals surface area contributed by atoms with Crippen LogP contribution in [0.2, 0.25) is 0 Å². The Hall–Kier alpha value is -1.48. The van der Waals surface area contributed by atoms with E-state index in [1.54, 1.807) is 12.1 Å². The van der Waals surface area contributed by atoms with Crippen LogP contribution in [-0.2, 0) is 10.0 Å². The van der Waals surface area contributed by atoms with Crippen molar-refractivity contribution in [2.24, 2.45) is 0 Å². The molecule has 7 nitrogen and oxygen atoms in total. The molecule has 0 spiro atoms. The van der Waals surface area contributed by atoms with Gasteiger partial charge in [0.1, 0.15) is 0 Å². The van der Waals surface area contributed by atoms with Gasteiger partial charge in [0.05, 0.1) is 11.5 Å². The molecule has 1 aromatic carbocycles. The zero-order valence-electron chi connectivity index (χ0n) is 14.4. The smallest absolute Gasteiger partial charge is 0.251 e. The maximum atomic E-state index is 12.8. The molecular weight excluding hydrogens is 342 g/mol. The molecule has 1 atom stereocenters. The van der Waals surface area contributed by atoms with Gasteiger partial charge in [0.2, 0.25) is 10.0 Å². The average molecular weight is 367 g/mol. The van der Waals surface area contributed by atoms with Crippen molar-refractivity contribution in [3.63, 3.8) is 0 Å². The van der Waals surface area contributed by atoms with Crippen molar-refractivity contribution in [3.05, 3.63) is 29.8 Å². The summed E-state index contributed by atoms with van der Waals surface area (Å²) in [5, 5.41) is 12.3. The maximum absolute atomic E-state index is 12.8. The number of sulfonamides is 1. The van der Waals surface area contributed by atoms with Crippen LogP contribution in [0.25, 0.3) is 0 Å². The van der Waals surface area contributed by atoms with E-state index in [1.807, 2.05) is 11.9 Å². The Kier molecular flexibility index (Phi) is 5.43. The average Bonchev–Trinajstić information content (AvgIpc) is 2.58. The number of aliphatic hydroxyl groups is 1. The second-order valence-corrected chi connectivity index (χ2v) is 8.74. The maximum Gasteiger partial charge on any atom is 0.251 e. The summed E-state index contributed by atoms with van der Waals surface area (Å²) < 4.78 is 27.0. The molecule has 1 amide bonds. The molecule has 0 radical (unpaired) electrons. The first-order chi connectivity index (χ1) is 11.9. The van der Waals surface area contributed by atoms with Crippen molar-refractivity contribution < 1.29 is 18.3 Å². The number of hydrogen-bond acceptors (Lipinski definition) is 5. The number of hydrogen-bond donors (Lipinski definition) is 2. The predicted molar refractivity (Wildman–Crippen MR) is 93.8 cm³/mol. The number of carbonyl (C=O) groups excluding carboxylic acids is 1. The molecule has 1 saturated heterocycles. The lowest BCUT2D eigenvalue weighted by Crippen LogP contribution is -2.54. The molecule has 3 rings (SSSR count). The SMILES string of the molecule is CN1CCN(S(=O)(=O)c2ccc(C(=O)NC3CCC3)cc2)C[C@H]1CO. The normalized spacial score (nSPS) is 23.2. The molecule has 1 aliphatic heterocycles. The Balaban J connectivity index is 1.70. The lowest BCUT2D eigenvalue weighted by Gasteiger charge is -2.37. The summed E-state index contributed by atoms with van der Waals surface area (Å²) in [6.45, 7) is 1.15. The van der Waals surface area contributed by atoms with Crippen LogP contribution >= 0.6 is 0 Å². The van der Waals surface area contributed by atoms with Crippen LogP contribution in [0.4, 0.5) is 0 Å². The summed E-state index contributed by atoms with van der Waals surface area (Å²) >= 11 is 0. The number of likely N-dealkylation sites (N-methyl/N-ethyl adjacent to an activating group) is 1. The van der Waals surface area contributed by atoms with Gasteiger partial charge in [0.15, 0.2) is 0 Å². The molecule has 25 heavy (non-hydrogen) atoms. The Morgan fingerprint density at radius 1 is 1.24 bits per heavy atom. The first-order valence-electron chi connectivity index (χ1n) is 8.64. The quantitative estimate of drug-likeness (QED) is 0.780. The highest BCUT2D eigenvalue weighted by molar-refractivity contribution is 7.89. The molecule has 8 heteroatoms. The third-order valence-corrected chi connectivity index (χ3v) is 7.02. The van der Waals surface area contributed by atoms with Gasteiger partial charge >= 0.3 is 0 Å². The fourth-order valence-corrected chi connectivity index (χ4v) is 4.55. The minimum atomic E-state index is -3.62. The number of amides is 1. The van der Waals surface area contributed by atoms with Gasteiger partial charge in [-0.15, -0.1) is 0 Å². The van der Waals surface area contributed by atoms with Crippen LogP contribution < -0.4 is 5.32 Å². The summed E-state index contributed by atoms with van der Waals surface area (Å²) in [7, 11) is -1.75. The number of rotatable bonds is 5. The first-order valence-corrected chi connectivity index (χ1v) is 10.1. The van der Waals surface area contributed by atoms with Gasteiger partial charge in [0, 0.05) is 37.3 Å². The monoisotopic (exact) mass is 367 g/mol. The summed E-state index contributed by atoms with van der Waals surface area (Å²) in [4.78, 5) is 14.3. The van der Waals surface area contributed by atoms with Crippen LogP contribution in [0.3, 0.4) is 0 Å². The Bertz CT molecular complexity index is 716. The van der Waals surface area contributed by atoms with Crippen molar-refractivity contribution in [1.29, 1.82) is 0 Å². The minimum absolute atomic E-state index is 0.0806. The van der Waals surface area contributed by atoms with E-state index in [0.29, 0.717) is 18.7 Å². The zero-order chi connectivity index (χ0) is 18.0. The number of nitrogens with zero attached hydrogens (tertiary/aromatic N) is 2. The first kappa shape index (κ1) is 18.3. The van der Waals surface area contributed by atoms with Gasteiger partial charge in [-0.1, -0.05) is 0 Å². The molecular formula is C17H25N3O4S. The van der Waals surface area contributed by atoms with Gasteiger partial charge in [0.25, 0.3) is 5.91 Å². The molecule has 0 bridgehead atoms. The molecule has 2 fully saturated rings. The van der Waals surface area contributed by atoms with E-state index in [1.165, 1.54) is 16.4 Å². The number of carbonyl (C=O) groups is 1. The number of piperazine rings is 1. The van der Waals surface area contributed by atoms with E-state index in [2.05, 4.69) is 5.32 Å². The van der Waals surface area contributed by atoms with Crippen molar-refractivity contribution in [3.8, 4) is 0 Å². The fraction of sp³-hybridized carbons (Fsp3) is 0.588. The Morgan fingerprint density at radius 2 is 1.92 bits per heavy atom. The molecule has 1 heterocycles. The summed E-state index contributed by atoms with van der Waals surface area (Å²) in [6, 6.07) is 6.13. The third-order valence-electron chi connectivity index (χ3n) is 5.15. The van der Waals surface area contributed by atoms with E-state index in [9.17, 15) is 18.3 Å². The highest BCUT2D eigenvalue weighted by Crippen LogP contribution is 2.21. The van der Waals surface area contributed by atoms with Crippen LogP contribution in [0, 0.1) is 0 Å². The van der Waals surface area contributed by atoms with Crippen molar-refractivity contribution in [1.82, 2.24) is 14.5 Å². The van der Waals surface area contributed by atoms with Crippen molar-refractivity contribution in [2.75, 3.05) is 33.3 Å². The summed E-state index contributed by atoms with van der Waals surface area (Å²) in [6.07, 6.45) is 3.16. The van der Waals surface area contributed by atoms with E-state index in [4.69, 9.17) is 0 Å². The van der Waals surface area contributed by atoms with Crippen molar-refractivity contribution in [2.45, 2.75) is 36.2 Å². The van der Waals surface area contributed by atoms with E-state index in [-0.39, 0.29) is 36.0 Å². The van der Waals surface area contributed by atoms with Gasteiger partial charge < -0.3 is 10.4 Å². The summed E-state index contributed by atoms with van der Waals surface area (Å²) in [5.41, 5.74) is 0.470. The van der Waals surface area contributed by atoms with Gasteiger partial charge in [-0.3, -0.25) is 9.69 Å². The number of nitrogens with one attached hydrogen (secondary N) is 1. The molecule has 2 aliphatic rings. The standard InChI is InChI=1S/C17H25N3O4S/c1-19-9-10-20(11-15(19)12-21)25(23,24)16-7-5-13(6-8-16)17(22)18-14-3-2-4-14/h5-8,14-15,21H,2-4,9-12H2,1H3,(H,18,22)/t15-/m0/s1. The highest BCUT2D eigenvalue weighted by atomic mass is 32.2. The van der Waals surface area contributed by atoms with E-state index < -0.39 is 10.0 Å². The minimum Gasteiger partial charge on any atom is -0.395 e. The summed E-state index contributed by atoms with van der Waals surface area (Å²) in [5.74, 6) is -0.159. The molecule has 2 N–H and O–H groups in total. The van der Waals surface area contributed by atoms with Crippen LogP contribution in [0.5, 0.6) is 0 Å². The van der Waals surface area contributed by atoms with E-state index in [0.717, 1.165) is 19.3 Å². The number of benzene rings is 1. The topological polar surface area (TPSA) is 90.0 Å². The Morgan fingerprint density at radius 3 is 2.48 bits per heavy atom. The van der Waals surface area contributed by atoms with Crippen LogP contribution in [0.1, 0.15) is 29.6 Å². The number of aliphatic hydroxyl groups excluding tert-OH is 1. The second-order valence-electron chi connectivity index (χ2n) is 6.81. The van der Waals surface area contributed by atoms with Crippen molar-refractivity contribution >= 4 is 15.9 Å². The molecule has 0 unspecified atom stereocenters. The second kappa shape index (κ2) is 7.41. The van der Waals surface area contributed by atoms with Crippen LogP contribution in [-0.4, -0.2) is 74.0 Å². The lowest BCUT2D eigenvalue weighted by molar-refractivity contribution is 0.0914. The third kappa shape index (κ3) is 3.87. The highest BCUT2D eigenvalue weighted by Gasteiger charge is 2.32. The van der Waals surface area contributed by atoms with E-state index >= 15 is 0 Å². The largest absolute Gasteiger partial charge is 0.395 e. The lowest BCUT2D eigenvalue weighted by atomic mass is 9.93. The fourth-order valence-electron chi connectivity index (χ4n) is 3.08. The Labute approximate surface area is 148 Å². The zero-order valence-corrected chi connectivity index (χ0v) is 15.2. The van der Waals surface area contributed by atoms with Gasteiger partial charge in [-0.25, -0.2) is 8.42 Å². The molecule has 138 valence electrons. The van der Waals surface area contributed by atoms with Gasteiger partial charge in [-0.2, -0.15) is 4.31 Å². The van der Waals surface area contributed by atoms with Gasteiger partial charge in [-0.05, 0) is 50.6 Å². The predicted octanol–water partition coefficient (Wildman–Crippen LogP) is 0.266.